The minimum Gasteiger partial charge on any atom is -0.497 e. The molecule has 0 aliphatic carbocycles. The van der Waals surface area contributed by atoms with E-state index >= 15 is 0 Å². The van der Waals surface area contributed by atoms with Crippen LogP contribution >= 0.6 is 0 Å². The Morgan fingerprint density at radius 1 is 1.13 bits per heavy atom. The number of nitrogens with zero attached hydrogens (tertiary/aromatic N) is 1. The number of hydrazone groups is 1. The minimum atomic E-state index is -0.127. The van der Waals surface area contributed by atoms with Gasteiger partial charge in [-0.3, -0.25) is 4.79 Å². The number of benzene rings is 2. The number of amides is 1. The monoisotopic (exact) mass is 312 g/mol. The molecule has 0 aliphatic heterocycles. The zero-order valence-corrected chi connectivity index (χ0v) is 13.3. The number of hydrogen-bond donors (Lipinski definition) is 1. The second-order valence-electron chi connectivity index (χ2n) is 4.89. The highest BCUT2D eigenvalue weighted by atomic mass is 16.5. The Morgan fingerprint density at radius 2 is 1.91 bits per heavy atom. The van der Waals surface area contributed by atoms with Crippen molar-refractivity contribution in [3.8, 4) is 11.5 Å². The third-order valence-electron chi connectivity index (χ3n) is 3.32. The fraction of sp³-hybridized carbons (Fsp3) is 0.222. The molecular formula is C18H20N2O3. The second kappa shape index (κ2) is 8.58. The number of carbonyl (C=O) groups is 1. The Bertz CT molecular complexity index is 669. The molecule has 5 heteroatoms. The maximum absolute atomic E-state index is 11.8. The van der Waals surface area contributed by atoms with Crippen molar-refractivity contribution in [1.82, 2.24) is 5.43 Å². The van der Waals surface area contributed by atoms with Gasteiger partial charge < -0.3 is 9.47 Å². The molecule has 0 atom stereocenters. The van der Waals surface area contributed by atoms with Crippen molar-refractivity contribution in [3.63, 3.8) is 0 Å². The number of ether oxygens (including phenoxy) is 2. The van der Waals surface area contributed by atoms with Gasteiger partial charge >= 0.3 is 0 Å². The predicted molar refractivity (Wildman–Crippen MR) is 90.0 cm³/mol. The van der Waals surface area contributed by atoms with E-state index in [0.29, 0.717) is 24.3 Å². The number of methoxy groups -OCH3 is 2. The highest BCUT2D eigenvalue weighted by Crippen LogP contribution is 2.22. The number of nitrogens with one attached hydrogen (secondary N) is 1. The van der Waals surface area contributed by atoms with Crippen LogP contribution in [0.25, 0.3) is 0 Å². The van der Waals surface area contributed by atoms with E-state index in [0.717, 1.165) is 11.1 Å². The molecule has 23 heavy (non-hydrogen) atoms. The van der Waals surface area contributed by atoms with E-state index in [1.807, 2.05) is 36.4 Å². The van der Waals surface area contributed by atoms with Crippen LogP contribution in [-0.4, -0.2) is 26.3 Å². The summed E-state index contributed by atoms with van der Waals surface area (Å²) in [5.74, 6) is 1.20. The summed E-state index contributed by atoms with van der Waals surface area (Å²) in [4.78, 5) is 11.8. The molecule has 0 aliphatic rings. The number of carbonyl (C=O) groups excluding carboxylic acids is 1. The molecule has 1 amide bonds. The zero-order valence-electron chi connectivity index (χ0n) is 13.3. The molecule has 2 aromatic rings. The van der Waals surface area contributed by atoms with Crippen LogP contribution in [0, 0.1) is 0 Å². The van der Waals surface area contributed by atoms with Crippen LogP contribution in [0.1, 0.15) is 17.5 Å². The summed E-state index contributed by atoms with van der Waals surface area (Å²) in [6.07, 6.45) is 2.63. The van der Waals surface area contributed by atoms with Crippen LogP contribution in [-0.2, 0) is 11.2 Å². The second-order valence-corrected chi connectivity index (χ2v) is 4.89. The van der Waals surface area contributed by atoms with E-state index < -0.39 is 0 Å². The first kappa shape index (κ1) is 16.5. The molecule has 0 radical (unpaired) electrons. The summed E-state index contributed by atoms with van der Waals surface area (Å²) in [5.41, 5.74) is 4.41. The molecule has 0 aromatic heterocycles. The van der Waals surface area contributed by atoms with Gasteiger partial charge in [-0.15, -0.1) is 0 Å². The number of hydrogen-bond acceptors (Lipinski definition) is 4. The molecule has 0 unspecified atom stereocenters. The van der Waals surface area contributed by atoms with Gasteiger partial charge in [-0.2, -0.15) is 5.10 Å². The van der Waals surface area contributed by atoms with Gasteiger partial charge in [0, 0.05) is 18.1 Å². The van der Waals surface area contributed by atoms with E-state index in [-0.39, 0.29) is 5.91 Å². The Hall–Kier alpha value is -2.82. The van der Waals surface area contributed by atoms with Gasteiger partial charge in [0.05, 0.1) is 20.4 Å². The first-order valence-corrected chi connectivity index (χ1v) is 7.31. The van der Waals surface area contributed by atoms with Gasteiger partial charge in [-0.05, 0) is 24.1 Å². The normalized spacial score (nSPS) is 10.5. The Labute approximate surface area is 135 Å². The third kappa shape index (κ3) is 5.14. The highest BCUT2D eigenvalue weighted by molar-refractivity contribution is 5.85. The van der Waals surface area contributed by atoms with E-state index in [9.17, 15) is 4.79 Å². The van der Waals surface area contributed by atoms with Crippen LogP contribution in [0.5, 0.6) is 11.5 Å². The smallest absolute Gasteiger partial charge is 0.240 e. The lowest BCUT2D eigenvalue weighted by atomic mass is 10.1. The number of rotatable bonds is 7. The van der Waals surface area contributed by atoms with Gasteiger partial charge in [0.1, 0.15) is 11.5 Å². The quantitative estimate of drug-likeness (QED) is 0.632. The lowest BCUT2D eigenvalue weighted by molar-refractivity contribution is -0.121. The van der Waals surface area contributed by atoms with Crippen molar-refractivity contribution in [2.75, 3.05) is 14.2 Å². The number of aryl methyl sites for hydroxylation is 1. The SMILES string of the molecule is COc1ccc(/C=N\NC(=O)CCc2ccccc2)c(OC)c1. The average molecular weight is 312 g/mol. The first-order chi connectivity index (χ1) is 11.2. The van der Waals surface area contributed by atoms with Crippen LogP contribution in [0.3, 0.4) is 0 Å². The molecule has 0 saturated carbocycles. The standard InChI is InChI=1S/C18H20N2O3/c1-22-16-10-9-15(17(12-16)23-2)13-19-20-18(21)11-8-14-6-4-3-5-7-14/h3-7,9-10,12-13H,8,11H2,1-2H3,(H,20,21)/b19-13-. The Kier molecular flexibility index (Phi) is 6.17. The molecule has 2 aromatic carbocycles. The van der Waals surface area contributed by atoms with Gasteiger partial charge in [-0.1, -0.05) is 30.3 Å². The van der Waals surface area contributed by atoms with Crippen molar-refractivity contribution < 1.29 is 14.3 Å². The van der Waals surface area contributed by atoms with Crippen LogP contribution < -0.4 is 14.9 Å². The minimum absolute atomic E-state index is 0.127. The molecule has 0 fully saturated rings. The van der Waals surface area contributed by atoms with E-state index in [4.69, 9.17) is 9.47 Å². The van der Waals surface area contributed by atoms with Gasteiger partial charge in [0.15, 0.2) is 0 Å². The lowest BCUT2D eigenvalue weighted by Crippen LogP contribution is -2.17. The molecular weight excluding hydrogens is 292 g/mol. The molecule has 2 rings (SSSR count). The van der Waals surface area contributed by atoms with Crippen LogP contribution in [0.2, 0.25) is 0 Å². The van der Waals surface area contributed by atoms with Crippen molar-refractivity contribution >= 4 is 12.1 Å². The molecule has 120 valence electrons. The maximum Gasteiger partial charge on any atom is 0.240 e. The average Bonchev–Trinajstić information content (AvgIpc) is 2.61. The molecule has 0 spiro atoms. The summed E-state index contributed by atoms with van der Waals surface area (Å²) in [6.45, 7) is 0. The van der Waals surface area contributed by atoms with Gasteiger partial charge in [0.2, 0.25) is 5.91 Å². The molecule has 1 N–H and O–H groups in total. The first-order valence-electron chi connectivity index (χ1n) is 7.31. The zero-order chi connectivity index (χ0) is 16.5. The summed E-state index contributed by atoms with van der Waals surface area (Å²) in [7, 11) is 3.17. The van der Waals surface area contributed by atoms with Crippen molar-refractivity contribution in [2.24, 2.45) is 5.10 Å². The molecule has 0 saturated heterocycles. The highest BCUT2D eigenvalue weighted by Gasteiger charge is 2.04. The lowest BCUT2D eigenvalue weighted by Gasteiger charge is -2.07. The van der Waals surface area contributed by atoms with Crippen molar-refractivity contribution in [2.45, 2.75) is 12.8 Å². The Morgan fingerprint density at radius 3 is 2.61 bits per heavy atom. The Balaban J connectivity index is 1.87. The van der Waals surface area contributed by atoms with Gasteiger partial charge in [-0.25, -0.2) is 5.43 Å². The summed E-state index contributed by atoms with van der Waals surface area (Å²) >= 11 is 0. The van der Waals surface area contributed by atoms with Gasteiger partial charge in [0.25, 0.3) is 0 Å². The topological polar surface area (TPSA) is 59.9 Å². The molecule has 0 heterocycles. The fourth-order valence-corrected chi connectivity index (χ4v) is 2.06. The summed E-state index contributed by atoms with van der Waals surface area (Å²) in [6, 6.07) is 15.3. The summed E-state index contributed by atoms with van der Waals surface area (Å²) in [5, 5.41) is 3.97. The van der Waals surface area contributed by atoms with Crippen molar-refractivity contribution in [3.05, 3.63) is 59.7 Å². The predicted octanol–water partition coefficient (Wildman–Crippen LogP) is 2.79. The maximum atomic E-state index is 11.8. The van der Waals surface area contributed by atoms with E-state index in [1.165, 1.54) is 0 Å². The van der Waals surface area contributed by atoms with Crippen LogP contribution in [0.4, 0.5) is 0 Å². The van der Waals surface area contributed by atoms with Crippen molar-refractivity contribution in [1.29, 1.82) is 0 Å². The van der Waals surface area contributed by atoms with Crippen LogP contribution in [0.15, 0.2) is 53.6 Å². The molecule has 0 bridgehead atoms. The van der Waals surface area contributed by atoms with E-state index in [2.05, 4.69) is 10.5 Å². The third-order valence-corrected chi connectivity index (χ3v) is 3.32. The molecule has 5 nitrogen and oxygen atoms in total. The van der Waals surface area contributed by atoms with E-state index in [1.54, 1.807) is 32.6 Å². The summed E-state index contributed by atoms with van der Waals surface area (Å²) < 4.78 is 10.4. The largest absolute Gasteiger partial charge is 0.497 e. The fourth-order valence-electron chi connectivity index (χ4n) is 2.06.